The molecule has 0 bridgehead atoms. The van der Waals surface area contributed by atoms with Gasteiger partial charge in [0.1, 0.15) is 0 Å². The highest BCUT2D eigenvalue weighted by atomic mass is 32.2. The maximum absolute atomic E-state index is 12.1. The van der Waals surface area contributed by atoms with Crippen molar-refractivity contribution in [1.29, 1.82) is 0 Å². The van der Waals surface area contributed by atoms with Crippen LogP contribution in [-0.4, -0.2) is 51.6 Å². The minimum Gasteiger partial charge on any atom is -0.383 e. The van der Waals surface area contributed by atoms with Crippen molar-refractivity contribution in [3.63, 3.8) is 0 Å². The normalized spacial score (nSPS) is 24.1. The topological polar surface area (TPSA) is 84.7 Å². The zero-order valence-corrected chi connectivity index (χ0v) is 12.1. The van der Waals surface area contributed by atoms with Crippen LogP contribution in [0.15, 0.2) is 0 Å². The number of nitrogens with two attached hydrogens (primary N) is 1. The van der Waals surface area contributed by atoms with E-state index in [-0.39, 0.29) is 12.1 Å². The predicted molar refractivity (Wildman–Crippen MR) is 71.4 cm³/mol. The first-order chi connectivity index (χ1) is 8.47. The van der Waals surface area contributed by atoms with Gasteiger partial charge in [-0.1, -0.05) is 6.42 Å². The lowest BCUT2D eigenvalue weighted by atomic mass is 10.1. The molecule has 1 fully saturated rings. The predicted octanol–water partition coefficient (Wildman–Crippen LogP) is 0.0590. The van der Waals surface area contributed by atoms with Crippen LogP contribution in [0.3, 0.4) is 0 Å². The third kappa shape index (κ3) is 4.81. The van der Waals surface area contributed by atoms with Crippen LogP contribution in [0, 0.1) is 0 Å². The van der Waals surface area contributed by atoms with Crippen molar-refractivity contribution in [2.75, 3.05) is 26.8 Å². The molecule has 0 aromatic carbocycles. The lowest BCUT2D eigenvalue weighted by Gasteiger charge is -2.32. The first-order valence-electron chi connectivity index (χ1n) is 6.48. The largest absolute Gasteiger partial charge is 0.383 e. The van der Waals surface area contributed by atoms with E-state index < -0.39 is 10.2 Å². The fraction of sp³-hybridized carbons (Fsp3) is 1.00. The number of nitrogens with zero attached hydrogens (tertiary/aromatic N) is 1. The molecule has 1 aliphatic heterocycles. The van der Waals surface area contributed by atoms with Crippen molar-refractivity contribution < 1.29 is 13.2 Å². The summed E-state index contributed by atoms with van der Waals surface area (Å²) < 4.78 is 33.2. The van der Waals surface area contributed by atoms with Crippen molar-refractivity contribution in [3.05, 3.63) is 0 Å². The SMILES string of the molecule is COCC(N)CCNS(=O)(=O)N1CCCCC1C. The number of hydrogen-bond donors (Lipinski definition) is 2. The number of hydrogen-bond acceptors (Lipinski definition) is 4. The van der Waals surface area contributed by atoms with E-state index in [4.69, 9.17) is 10.5 Å². The molecule has 0 amide bonds. The minimum absolute atomic E-state index is 0.0869. The summed E-state index contributed by atoms with van der Waals surface area (Å²) in [6.07, 6.45) is 3.56. The van der Waals surface area contributed by atoms with Gasteiger partial charge in [-0.15, -0.1) is 0 Å². The van der Waals surface area contributed by atoms with Gasteiger partial charge in [-0.25, -0.2) is 4.72 Å². The molecule has 3 N–H and O–H groups in total. The van der Waals surface area contributed by atoms with E-state index in [0.29, 0.717) is 26.1 Å². The summed E-state index contributed by atoms with van der Waals surface area (Å²) in [5, 5.41) is 0. The fourth-order valence-corrected chi connectivity index (χ4v) is 3.67. The molecular weight excluding hydrogens is 254 g/mol. The van der Waals surface area contributed by atoms with Gasteiger partial charge in [-0.3, -0.25) is 0 Å². The second kappa shape index (κ2) is 7.40. The minimum atomic E-state index is -3.36. The van der Waals surface area contributed by atoms with Crippen LogP contribution < -0.4 is 10.5 Å². The van der Waals surface area contributed by atoms with E-state index in [2.05, 4.69) is 4.72 Å². The molecule has 2 atom stereocenters. The van der Waals surface area contributed by atoms with E-state index >= 15 is 0 Å². The lowest BCUT2D eigenvalue weighted by Crippen LogP contribution is -2.48. The summed E-state index contributed by atoms with van der Waals surface area (Å²) in [6.45, 7) is 3.37. The van der Waals surface area contributed by atoms with Crippen LogP contribution in [0.4, 0.5) is 0 Å². The Labute approximate surface area is 110 Å². The molecule has 18 heavy (non-hydrogen) atoms. The Morgan fingerprint density at radius 3 is 2.83 bits per heavy atom. The maximum Gasteiger partial charge on any atom is 0.279 e. The van der Waals surface area contributed by atoms with Crippen LogP contribution in [0.2, 0.25) is 0 Å². The third-order valence-electron chi connectivity index (χ3n) is 3.23. The first-order valence-corrected chi connectivity index (χ1v) is 7.92. The van der Waals surface area contributed by atoms with Gasteiger partial charge in [0.15, 0.2) is 0 Å². The third-order valence-corrected chi connectivity index (χ3v) is 4.96. The quantitative estimate of drug-likeness (QED) is 0.690. The molecule has 1 aliphatic rings. The molecule has 0 aliphatic carbocycles. The van der Waals surface area contributed by atoms with Crippen molar-refractivity contribution >= 4 is 10.2 Å². The standard InChI is InChI=1S/C11H25N3O3S/c1-10-5-3-4-8-14(10)18(15,16)13-7-6-11(12)9-17-2/h10-11,13H,3-9,12H2,1-2H3. The summed E-state index contributed by atoms with van der Waals surface area (Å²) >= 11 is 0. The van der Waals surface area contributed by atoms with Crippen LogP contribution in [0.1, 0.15) is 32.6 Å². The van der Waals surface area contributed by atoms with E-state index in [9.17, 15) is 8.42 Å². The Morgan fingerprint density at radius 1 is 1.50 bits per heavy atom. The summed E-state index contributed by atoms with van der Waals surface area (Å²) in [5.74, 6) is 0. The number of rotatable bonds is 7. The van der Waals surface area contributed by atoms with Gasteiger partial charge in [0.05, 0.1) is 6.61 Å². The molecule has 1 saturated heterocycles. The lowest BCUT2D eigenvalue weighted by molar-refractivity contribution is 0.177. The van der Waals surface area contributed by atoms with Crippen LogP contribution in [0.25, 0.3) is 0 Å². The van der Waals surface area contributed by atoms with Gasteiger partial charge >= 0.3 is 0 Å². The number of methoxy groups -OCH3 is 1. The zero-order valence-electron chi connectivity index (χ0n) is 11.3. The number of ether oxygens (including phenoxy) is 1. The van der Waals surface area contributed by atoms with E-state index in [0.717, 1.165) is 19.3 Å². The maximum atomic E-state index is 12.1. The van der Waals surface area contributed by atoms with Crippen LogP contribution in [-0.2, 0) is 14.9 Å². The second-order valence-electron chi connectivity index (χ2n) is 4.86. The molecule has 0 radical (unpaired) electrons. The molecule has 0 spiro atoms. The summed E-state index contributed by atoms with van der Waals surface area (Å²) in [6, 6.07) is -0.0413. The van der Waals surface area contributed by atoms with Gasteiger partial charge in [-0.2, -0.15) is 12.7 Å². The highest BCUT2D eigenvalue weighted by molar-refractivity contribution is 7.87. The van der Waals surface area contributed by atoms with Crippen molar-refractivity contribution in [2.24, 2.45) is 5.73 Å². The van der Waals surface area contributed by atoms with Gasteiger partial charge < -0.3 is 10.5 Å². The van der Waals surface area contributed by atoms with Gasteiger partial charge in [-0.05, 0) is 26.2 Å². The Morgan fingerprint density at radius 2 is 2.22 bits per heavy atom. The molecule has 0 aromatic rings. The monoisotopic (exact) mass is 279 g/mol. The van der Waals surface area contributed by atoms with Crippen LogP contribution in [0.5, 0.6) is 0 Å². The zero-order chi connectivity index (χ0) is 13.6. The molecule has 0 saturated carbocycles. The molecule has 6 nitrogen and oxygen atoms in total. The van der Waals surface area contributed by atoms with Crippen LogP contribution >= 0.6 is 0 Å². The Hall–Kier alpha value is -0.210. The molecule has 0 aromatic heterocycles. The molecule has 1 rings (SSSR count). The Bertz CT molecular complexity index is 334. The summed E-state index contributed by atoms with van der Waals surface area (Å²) in [4.78, 5) is 0. The second-order valence-corrected chi connectivity index (χ2v) is 6.57. The van der Waals surface area contributed by atoms with Gasteiger partial charge in [0.2, 0.25) is 0 Å². The molecule has 7 heteroatoms. The highest BCUT2D eigenvalue weighted by Crippen LogP contribution is 2.18. The number of nitrogens with one attached hydrogen (secondary N) is 1. The molecule has 108 valence electrons. The molecule has 2 unspecified atom stereocenters. The van der Waals surface area contributed by atoms with Crippen molar-refractivity contribution in [3.8, 4) is 0 Å². The van der Waals surface area contributed by atoms with E-state index in [1.807, 2.05) is 6.92 Å². The van der Waals surface area contributed by atoms with Crippen molar-refractivity contribution in [1.82, 2.24) is 9.03 Å². The molecular formula is C11H25N3O3S. The average molecular weight is 279 g/mol. The van der Waals surface area contributed by atoms with E-state index in [1.165, 1.54) is 0 Å². The smallest absolute Gasteiger partial charge is 0.279 e. The summed E-state index contributed by atoms with van der Waals surface area (Å²) in [7, 11) is -1.77. The highest BCUT2D eigenvalue weighted by Gasteiger charge is 2.28. The Balaban J connectivity index is 2.39. The first kappa shape index (κ1) is 15.8. The summed E-state index contributed by atoms with van der Waals surface area (Å²) in [5.41, 5.74) is 5.75. The fourth-order valence-electron chi connectivity index (χ4n) is 2.18. The van der Waals surface area contributed by atoms with Gasteiger partial charge in [0.25, 0.3) is 10.2 Å². The molecule has 1 heterocycles. The van der Waals surface area contributed by atoms with Crippen molar-refractivity contribution in [2.45, 2.75) is 44.7 Å². The number of piperidine rings is 1. The van der Waals surface area contributed by atoms with Gasteiger partial charge in [0, 0.05) is 32.3 Å². The average Bonchev–Trinajstić information content (AvgIpc) is 2.29. The van der Waals surface area contributed by atoms with E-state index in [1.54, 1.807) is 11.4 Å². The Kier molecular flexibility index (Phi) is 6.51.